The summed E-state index contributed by atoms with van der Waals surface area (Å²) in [5, 5.41) is -0.754. The molecule has 3 rings (SSSR count). The van der Waals surface area contributed by atoms with E-state index in [1.807, 2.05) is 6.92 Å². The number of aromatic nitrogens is 1. The monoisotopic (exact) mass is 520 g/mol. The highest BCUT2D eigenvalue weighted by molar-refractivity contribution is 7.11. The highest BCUT2D eigenvalue weighted by Gasteiger charge is 2.33. The Balaban J connectivity index is 2.10. The lowest BCUT2D eigenvalue weighted by molar-refractivity contribution is -0.140. The number of aryl methyl sites for hydroxylation is 1. The summed E-state index contributed by atoms with van der Waals surface area (Å²) in [7, 11) is 1.23. The average Bonchev–Trinajstić information content (AvgIpc) is 3.13. The molecule has 0 N–H and O–H groups in total. The fourth-order valence-electron chi connectivity index (χ4n) is 3.80. The van der Waals surface area contributed by atoms with Gasteiger partial charge in [-0.3, -0.25) is 19.5 Å². The zero-order valence-electron chi connectivity index (χ0n) is 19.6. The molecule has 0 aliphatic heterocycles. The third-order valence-electron chi connectivity index (χ3n) is 5.68. The summed E-state index contributed by atoms with van der Waals surface area (Å²) >= 11 is 7.20. The number of thiophene rings is 1. The molecule has 2 aromatic heterocycles. The summed E-state index contributed by atoms with van der Waals surface area (Å²) < 4.78 is 25.2. The van der Waals surface area contributed by atoms with Crippen molar-refractivity contribution >= 4 is 46.5 Å². The smallest absolute Gasteiger partial charge is 0.334 e. The molecule has 7 nitrogen and oxygen atoms in total. The van der Waals surface area contributed by atoms with E-state index in [0.29, 0.717) is 36.2 Å². The quantitative estimate of drug-likeness (QED) is 0.338. The van der Waals surface area contributed by atoms with Gasteiger partial charge in [0.25, 0.3) is 5.91 Å². The fourth-order valence-corrected chi connectivity index (χ4v) is 5.12. The number of halogens is 2. The first-order chi connectivity index (χ1) is 16.8. The first-order valence-corrected chi connectivity index (χ1v) is 12.2. The number of ether oxygens (including phenoxy) is 2. The normalized spacial score (nSPS) is 13.4. The Morgan fingerprint density at radius 2 is 2.00 bits per heavy atom. The lowest BCUT2D eigenvalue weighted by Gasteiger charge is -2.27. The second kappa shape index (κ2) is 12.1. The second-order valence-electron chi connectivity index (χ2n) is 7.96. The number of pyridine rings is 1. The minimum absolute atomic E-state index is 0.0181. The SMILES string of the molecule is C=CCOC(=O)C1=C(C(=O)N(Cc2cnccc2C)c2c(F)sc(CC(=O)OC)c2Cl)CCCC1. The standard InChI is InChI=1S/C25H26ClFN2O5S/c1-4-11-34-25(32)18-8-6-5-7-17(18)24(31)29(14-16-13-28-10-9-15(16)2)22-21(26)19(35-23(22)27)12-20(30)33-3/h4,9-10,13H,1,5-8,11-12,14H2,2-3H3. The molecule has 186 valence electrons. The van der Waals surface area contributed by atoms with Gasteiger partial charge in [0.15, 0.2) is 0 Å². The van der Waals surface area contributed by atoms with Gasteiger partial charge >= 0.3 is 11.9 Å². The third-order valence-corrected chi connectivity index (χ3v) is 7.17. The molecule has 1 aliphatic rings. The zero-order chi connectivity index (χ0) is 25.5. The molecule has 0 saturated carbocycles. The molecule has 1 amide bonds. The summed E-state index contributed by atoms with van der Waals surface area (Å²) in [5.74, 6) is -1.71. The van der Waals surface area contributed by atoms with E-state index in [-0.39, 0.29) is 46.3 Å². The van der Waals surface area contributed by atoms with Crippen molar-refractivity contribution in [2.24, 2.45) is 0 Å². The molecule has 2 heterocycles. The number of carbonyl (C=O) groups excluding carboxylic acids is 3. The Morgan fingerprint density at radius 1 is 1.29 bits per heavy atom. The number of anilines is 1. The van der Waals surface area contributed by atoms with Crippen LogP contribution in [0.4, 0.5) is 10.1 Å². The molecule has 0 aromatic carbocycles. The van der Waals surface area contributed by atoms with E-state index in [1.54, 1.807) is 18.5 Å². The van der Waals surface area contributed by atoms with E-state index in [4.69, 9.17) is 16.3 Å². The number of amides is 1. The van der Waals surface area contributed by atoms with Crippen molar-refractivity contribution in [2.75, 3.05) is 18.6 Å². The molecule has 0 radical (unpaired) electrons. The maximum absolute atomic E-state index is 15.3. The minimum Gasteiger partial charge on any atom is -0.469 e. The molecule has 1 aliphatic carbocycles. The van der Waals surface area contributed by atoms with E-state index in [0.717, 1.165) is 12.0 Å². The largest absolute Gasteiger partial charge is 0.469 e. The Hall–Kier alpha value is -3.04. The lowest BCUT2D eigenvalue weighted by atomic mass is 9.90. The highest BCUT2D eigenvalue weighted by atomic mass is 35.5. The number of nitrogens with zero attached hydrogens (tertiary/aromatic N) is 2. The van der Waals surface area contributed by atoms with Crippen molar-refractivity contribution in [1.82, 2.24) is 4.98 Å². The van der Waals surface area contributed by atoms with Crippen molar-refractivity contribution in [1.29, 1.82) is 0 Å². The van der Waals surface area contributed by atoms with Crippen LogP contribution in [-0.2, 0) is 36.8 Å². The molecule has 0 saturated heterocycles. The van der Waals surface area contributed by atoms with Gasteiger partial charge in [-0.1, -0.05) is 24.3 Å². The number of carbonyl (C=O) groups is 3. The van der Waals surface area contributed by atoms with Gasteiger partial charge in [-0.25, -0.2) is 4.79 Å². The summed E-state index contributed by atoms with van der Waals surface area (Å²) in [6, 6.07) is 1.78. The third kappa shape index (κ3) is 6.15. The van der Waals surface area contributed by atoms with E-state index in [9.17, 15) is 14.4 Å². The summed E-state index contributed by atoms with van der Waals surface area (Å²) in [4.78, 5) is 44.0. The van der Waals surface area contributed by atoms with E-state index in [1.165, 1.54) is 18.1 Å². The van der Waals surface area contributed by atoms with Crippen LogP contribution in [0, 0.1) is 12.1 Å². The molecule has 0 atom stereocenters. The minimum atomic E-state index is -0.712. The van der Waals surface area contributed by atoms with Crippen LogP contribution in [0.1, 0.15) is 41.7 Å². The highest BCUT2D eigenvalue weighted by Crippen LogP contribution is 2.41. The molecular formula is C25H26ClFN2O5S. The van der Waals surface area contributed by atoms with Crippen LogP contribution in [0.3, 0.4) is 0 Å². The van der Waals surface area contributed by atoms with Gasteiger partial charge in [0.05, 0.1) is 25.1 Å². The van der Waals surface area contributed by atoms with Crippen LogP contribution < -0.4 is 4.90 Å². The van der Waals surface area contributed by atoms with Crippen LogP contribution in [0.15, 0.2) is 42.3 Å². The Bertz CT molecular complexity index is 1180. The van der Waals surface area contributed by atoms with Crippen molar-refractivity contribution in [3.05, 3.63) is 68.4 Å². The Morgan fingerprint density at radius 3 is 2.66 bits per heavy atom. The van der Waals surface area contributed by atoms with Crippen molar-refractivity contribution in [3.8, 4) is 0 Å². The molecule has 2 aromatic rings. The van der Waals surface area contributed by atoms with Gasteiger partial charge in [0, 0.05) is 28.4 Å². The van der Waals surface area contributed by atoms with Crippen molar-refractivity contribution in [3.63, 3.8) is 0 Å². The van der Waals surface area contributed by atoms with Gasteiger partial charge in [-0.2, -0.15) is 4.39 Å². The second-order valence-corrected chi connectivity index (χ2v) is 9.39. The number of hydrogen-bond donors (Lipinski definition) is 0. The van der Waals surface area contributed by atoms with Gasteiger partial charge in [-0.15, -0.1) is 11.3 Å². The van der Waals surface area contributed by atoms with Gasteiger partial charge in [0.2, 0.25) is 5.13 Å². The van der Waals surface area contributed by atoms with Crippen LogP contribution in [0.25, 0.3) is 0 Å². The molecule has 35 heavy (non-hydrogen) atoms. The van der Waals surface area contributed by atoms with Crippen LogP contribution in [0.5, 0.6) is 0 Å². The zero-order valence-corrected chi connectivity index (χ0v) is 21.1. The first kappa shape index (κ1) is 26.6. The van der Waals surface area contributed by atoms with Crippen LogP contribution in [0.2, 0.25) is 5.02 Å². The maximum atomic E-state index is 15.3. The summed E-state index contributed by atoms with van der Waals surface area (Å²) in [6.45, 7) is 5.39. The predicted molar refractivity (Wildman–Crippen MR) is 132 cm³/mol. The average molecular weight is 521 g/mol. The van der Waals surface area contributed by atoms with Crippen molar-refractivity contribution in [2.45, 2.75) is 45.6 Å². The predicted octanol–water partition coefficient (Wildman–Crippen LogP) is 5.09. The summed E-state index contributed by atoms with van der Waals surface area (Å²) in [5.41, 5.74) is 1.94. The van der Waals surface area contributed by atoms with Gasteiger partial charge in [0.1, 0.15) is 12.3 Å². The Labute approximate surface area is 212 Å². The fraction of sp³-hybridized carbons (Fsp3) is 0.360. The topological polar surface area (TPSA) is 85.8 Å². The van der Waals surface area contributed by atoms with Crippen LogP contribution in [-0.4, -0.2) is 36.5 Å². The molecule has 0 unspecified atom stereocenters. The molecule has 0 fully saturated rings. The van der Waals surface area contributed by atoms with Crippen LogP contribution >= 0.6 is 22.9 Å². The van der Waals surface area contributed by atoms with Gasteiger partial charge in [-0.05, 0) is 49.8 Å². The number of methoxy groups -OCH3 is 1. The lowest BCUT2D eigenvalue weighted by Crippen LogP contribution is -2.34. The number of esters is 2. The first-order valence-electron chi connectivity index (χ1n) is 11.0. The number of rotatable bonds is 9. The molecule has 10 heteroatoms. The summed E-state index contributed by atoms with van der Waals surface area (Å²) in [6.07, 6.45) is 6.59. The maximum Gasteiger partial charge on any atom is 0.334 e. The Kier molecular flexibility index (Phi) is 9.17. The molecule has 0 spiro atoms. The van der Waals surface area contributed by atoms with E-state index in [2.05, 4.69) is 16.3 Å². The van der Waals surface area contributed by atoms with Crippen molar-refractivity contribution < 1.29 is 28.2 Å². The molecule has 0 bridgehead atoms. The van der Waals surface area contributed by atoms with E-state index >= 15 is 4.39 Å². The number of hydrogen-bond acceptors (Lipinski definition) is 7. The van der Waals surface area contributed by atoms with Gasteiger partial charge < -0.3 is 9.47 Å². The molecular weight excluding hydrogens is 495 g/mol. The van der Waals surface area contributed by atoms with E-state index < -0.39 is 23.0 Å².